The van der Waals surface area contributed by atoms with Crippen LogP contribution < -0.4 is 10.6 Å². The number of nitrogens with one attached hydrogen (secondary N) is 2. The molecule has 1 amide bonds. The monoisotopic (exact) mass is 434 g/mol. The van der Waals surface area contributed by atoms with Gasteiger partial charge >= 0.3 is 0 Å². The van der Waals surface area contributed by atoms with Crippen LogP contribution in [0.2, 0.25) is 0 Å². The number of anilines is 1. The zero-order valence-electron chi connectivity index (χ0n) is 16.5. The van der Waals surface area contributed by atoms with E-state index in [1.807, 2.05) is 54.7 Å². The van der Waals surface area contributed by atoms with Crippen LogP contribution in [0.25, 0.3) is 6.08 Å². The number of likely N-dealkylation sites (N-methyl/N-ethyl adjacent to an activating group) is 1. The van der Waals surface area contributed by atoms with Crippen LogP contribution in [0.15, 0.2) is 60.8 Å². The predicted octanol–water partition coefficient (Wildman–Crippen LogP) is 3.53. The Labute approximate surface area is 185 Å². The van der Waals surface area contributed by atoms with Gasteiger partial charge in [0.1, 0.15) is 0 Å². The summed E-state index contributed by atoms with van der Waals surface area (Å²) in [4.78, 5) is 18.3. The van der Waals surface area contributed by atoms with Crippen LogP contribution in [-0.4, -0.2) is 48.4 Å². The van der Waals surface area contributed by atoms with E-state index in [9.17, 15) is 4.79 Å². The van der Waals surface area contributed by atoms with Gasteiger partial charge in [-0.3, -0.25) is 9.69 Å². The van der Waals surface area contributed by atoms with Crippen LogP contribution in [0.5, 0.6) is 0 Å². The number of hydrogen-bond donors (Lipinski definition) is 2. The molecule has 0 bridgehead atoms. The van der Waals surface area contributed by atoms with E-state index in [1.54, 1.807) is 0 Å². The zero-order valence-corrected chi connectivity index (χ0v) is 18.1. The van der Waals surface area contributed by atoms with Gasteiger partial charge in [0.15, 0.2) is 5.66 Å². The SMILES string of the molecule is CCN1CCN(C2(C(=O)Nc3ccccc3)NC=Cc3ccccc32)CC1.Cl.Cl. The maximum Gasteiger partial charge on any atom is 0.270 e. The lowest BCUT2D eigenvalue weighted by atomic mass is 9.88. The first-order valence-electron chi connectivity index (χ1n) is 9.61. The number of para-hydroxylation sites is 1. The van der Waals surface area contributed by atoms with Crippen LogP contribution in [0.3, 0.4) is 0 Å². The lowest BCUT2D eigenvalue weighted by molar-refractivity contribution is -0.132. The Balaban J connectivity index is 0.00000150. The quantitative estimate of drug-likeness (QED) is 0.772. The minimum absolute atomic E-state index is 0. The number of carbonyl (C=O) groups excluding carboxylic acids is 1. The minimum Gasteiger partial charge on any atom is -0.362 e. The summed E-state index contributed by atoms with van der Waals surface area (Å²) >= 11 is 0. The second-order valence-corrected chi connectivity index (χ2v) is 7.02. The molecule has 1 fully saturated rings. The molecule has 0 radical (unpaired) electrons. The smallest absolute Gasteiger partial charge is 0.270 e. The van der Waals surface area contributed by atoms with Gasteiger partial charge in [0, 0.05) is 37.4 Å². The molecular weight excluding hydrogens is 407 g/mol. The maximum atomic E-state index is 13.6. The number of carbonyl (C=O) groups is 1. The fourth-order valence-electron chi connectivity index (χ4n) is 4.04. The zero-order chi connectivity index (χ0) is 18.7. The van der Waals surface area contributed by atoms with Crippen LogP contribution in [0.4, 0.5) is 5.69 Å². The van der Waals surface area contributed by atoms with Gasteiger partial charge < -0.3 is 15.5 Å². The van der Waals surface area contributed by atoms with E-state index in [0.717, 1.165) is 49.5 Å². The second kappa shape index (κ2) is 10.1. The van der Waals surface area contributed by atoms with Crippen LogP contribution in [0, 0.1) is 0 Å². The van der Waals surface area contributed by atoms with Gasteiger partial charge in [-0.2, -0.15) is 0 Å². The number of benzene rings is 2. The molecule has 0 spiro atoms. The van der Waals surface area contributed by atoms with Gasteiger partial charge in [-0.05, 0) is 36.5 Å². The summed E-state index contributed by atoms with van der Waals surface area (Å²) in [7, 11) is 0. The Morgan fingerprint density at radius 1 is 1.00 bits per heavy atom. The van der Waals surface area contributed by atoms with Crippen molar-refractivity contribution in [2.45, 2.75) is 12.6 Å². The molecule has 2 aromatic rings. The first kappa shape index (κ1) is 23.2. The number of nitrogens with zero attached hydrogens (tertiary/aromatic N) is 2. The first-order valence-corrected chi connectivity index (χ1v) is 9.61. The van der Waals surface area contributed by atoms with E-state index in [4.69, 9.17) is 0 Å². The maximum absolute atomic E-state index is 13.6. The molecule has 156 valence electrons. The molecule has 29 heavy (non-hydrogen) atoms. The van der Waals surface area contributed by atoms with Crippen LogP contribution in [0.1, 0.15) is 18.1 Å². The highest BCUT2D eigenvalue weighted by molar-refractivity contribution is 5.99. The van der Waals surface area contributed by atoms with Gasteiger partial charge in [0.05, 0.1) is 0 Å². The molecule has 7 heteroatoms. The summed E-state index contributed by atoms with van der Waals surface area (Å²) in [6.07, 6.45) is 3.94. The Kier molecular flexibility index (Phi) is 8.11. The van der Waals surface area contributed by atoms with E-state index >= 15 is 0 Å². The highest BCUT2D eigenvalue weighted by Gasteiger charge is 2.48. The molecule has 0 saturated carbocycles. The van der Waals surface area contributed by atoms with Gasteiger partial charge in [-0.15, -0.1) is 24.8 Å². The largest absolute Gasteiger partial charge is 0.362 e. The van der Waals surface area contributed by atoms with E-state index in [1.165, 1.54) is 0 Å². The molecule has 1 unspecified atom stereocenters. The van der Waals surface area contributed by atoms with Crippen LogP contribution in [-0.2, 0) is 10.5 Å². The van der Waals surface area contributed by atoms with E-state index in [0.29, 0.717) is 0 Å². The highest BCUT2D eigenvalue weighted by Crippen LogP contribution is 2.34. The lowest BCUT2D eigenvalue weighted by Crippen LogP contribution is -2.66. The van der Waals surface area contributed by atoms with Crippen molar-refractivity contribution in [2.24, 2.45) is 0 Å². The Morgan fingerprint density at radius 3 is 2.34 bits per heavy atom. The fourth-order valence-corrected chi connectivity index (χ4v) is 4.04. The summed E-state index contributed by atoms with van der Waals surface area (Å²) in [5, 5.41) is 6.55. The van der Waals surface area contributed by atoms with Crippen molar-refractivity contribution < 1.29 is 4.79 Å². The van der Waals surface area contributed by atoms with E-state index in [2.05, 4.69) is 39.5 Å². The summed E-state index contributed by atoms with van der Waals surface area (Å²) in [6, 6.07) is 17.8. The average Bonchev–Trinajstić information content (AvgIpc) is 2.74. The van der Waals surface area contributed by atoms with E-state index < -0.39 is 5.66 Å². The van der Waals surface area contributed by atoms with Crippen molar-refractivity contribution in [1.29, 1.82) is 0 Å². The highest BCUT2D eigenvalue weighted by atomic mass is 35.5. The molecule has 4 rings (SSSR count). The Morgan fingerprint density at radius 2 is 1.66 bits per heavy atom. The number of halogens is 2. The van der Waals surface area contributed by atoms with E-state index in [-0.39, 0.29) is 30.7 Å². The third-order valence-corrected chi connectivity index (χ3v) is 5.56. The van der Waals surface area contributed by atoms with Crippen molar-refractivity contribution in [1.82, 2.24) is 15.1 Å². The third-order valence-electron chi connectivity index (χ3n) is 5.56. The topological polar surface area (TPSA) is 47.6 Å². The number of amides is 1. The molecular formula is C22H28Cl2N4O. The molecule has 2 aromatic carbocycles. The third kappa shape index (κ3) is 4.43. The average molecular weight is 435 g/mol. The minimum atomic E-state index is -0.902. The van der Waals surface area contributed by atoms with Crippen molar-refractivity contribution in [3.05, 3.63) is 71.9 Å². The summed E-state index contributed by atoms with van der Waals surface area (Å²) in [6.45, 7) is 6.83. The molecule has 2 aliphatic rings. The normalized spacial score (nSPS) is 21.1. The molecule has 5 nitrogen and oxygen atoms in total. The van der Waals surface area contributed by atoms with Crippen molar-refractivity contribution in [2.75, 3.05) is 38.0 Å². The summed E-state index contributed by atoms with van der Waals surface area (Å²) in [5.74, 6) is -0.0459. The number of rotatable bonds is 4. The molecule has 2 heterocycles. The van der Waals surface area contributed by atoms with Gasteiger partial charge in [0.25, 0.3) is 5.91 Å². The molecule has 2 aliphatic heterocycles. The molecule has 1 atom stereocenters. The fraction of sp³-hybridized carbons (Fsp3) is 0.318. The van der Waals surface area contributed by atoms with Crippen molar-refractivity contribution in [3.8, 4) is 0 Å². The lowest BCUT2D eigenvalue weighted by Gasteiger charge is -2.48. The van der Waals surface area contributed by atoms with Gasteiger partial charge in [0.2, 0.25) is 0 Å². The Bertz CT molecular complexity index is 838. The first-order chi connectivity index (χ1) is 13.2. The van der Waals surface area contributed by atoms with Gasteiger partial charge in [-0.1, -0.05) is 49.4 Å². The van der Waals surface area contributed by atoms with Crippen molar-refractivity contribution in [3.63, 3.8) is 0 Å². The molecule has 0 aliphatic carbocycles. The molecule has 0 aromatic heterocycles. The van der Waals surface area contributed by atoms with Gasteiger partial charge in [-0.25, -0.2) is 0 Å². The second-order valence-electron chi connectivity index (χ2n) is 7.02. The summed E-state index contributed by atoms with van der Waals surface area (Å²) in [5.41, 5.74) is 1.99. The van der Waals surface area contributed by atoms with Crippen LogP contribution >= 0.6 is 24.8 Å². The molecule has 2 N–H and O–H groups in total. The summed E-state index contributed by atoms with van der Waals surface area (Å²) < 4.78 is 0. The van der Waals surface area contributed by atoms with Crippen molar-refractivity contribution >= 4 is 42.5 Å². The molecule has 1 saturated heterocycles. The Hall–Kier alpha value is -2.05. The number of piperazine rings is 1. The number of hydrogen-bond acceptors (Lipinski definition) is 4. The predicted molar refractivity (Wildman–Crippen MR) is 124 cm³/mol. The standard InChI is InChI=1S/C22H26N4O.2ClH/c1-2-25-14-16-26(17-15-25)22(21(27)24-19-9-4-3-5-10-19)20-11-7-6-8-18(20)12-13-23-22;;/h3-13,23H,2,14-17H2,1H3,(H,24,27);2*1H. The number of fused-ring (bicyclic) bond motifs is 1.